The minimum absolute atomic E-state index is 0.0667. The third-order valence-electron chi connectivity index (χ3n) is 2.17. The lowest BCUT2D eigenvalue weighted by atomic mass is 10.4. The summed E-state index contributed by atoms with van der Waals surface area (Å²) in [5.41, 5.74) is 2.42. The number of hydrazine groups is 1. The summed E-state index contributed by atoms with van der Waals surface area (Å²) in [5, 5.41) is 0. The van der Waals surface area contributed by atoms with Crippen molar-refractivity contribution in [3.63, 3.8) is 0 Å². The lowest BCUT2D eigenvalue weighted by Crippen LogP contribution is -2.40. The van der Waals surface area contributed by atoms with E-state index in [1.807, 2.05) is 0 Å². The monoisotopic (exact) mass is 227 g/mol. The highest BCUT2D eigenvalue weighted by molar-refractivity contribution is 7.80. The maximum absolute atomic E-state index is 5.32. The van der Waals surface area contributed by atoms with Gasteiger partial charge in [0.05, 0.1) is 13.2 Å². The lowest BCUT2D eigenvalue weighted by Gasteiger charge is -2.31. The number of nitrogens with zero attached hydrogens (tertiary/aromatic N) is 3. The molecule has 1 atom stereocenters. The first kappa shape index (κ1) is 10.5. The van der Waals surface area contributed by atoms with Gasteiger partial charge in [-0.25, -0.2) is 15.8 Å². The van der Waals surface area contributed by atoms with Crippen molar-refractivity contribution < 1.29 is 4.74 Å². The fourth-order valence-electron chi connectivity index (χ4n) is 1.44. The van der Waals surface area contributed by atoms with Crippen LogP contribution in [-0.2, 0) is 4.74 Å². The molecule has 2 rings (SSSR count). The molecule has 0 aliphatic carbocycles. The molecule has 1 saturated heterocycles. The third kappa shape index (κ3) is 2.49. The van der Waals surface area contributed by atoms with E-state index in [-0.39, 0.29) is 5.44 Å². The molecule has 15 heavy (non-hydrogen) atoms. The Morgan fingerprint density at radius 1 is 1.60 bits per heavy atom. The van der Waals surface area contributed by atoms with Crippen molar-refractivity contribution in [1.29, 1.82) is 0 Å². The number of ether oxygens (including phenoxy) is 1. The number of rotatable bonds is 2. The molecule has 0 spiro atoms. The Balaban J connectivity index is 2.13. The van der Waals surface area contributed by atoms with Gasteiger partial charge in [0.2, 0.25) is 0 Å². The number of hydrogen-bond donors (Lipinski definition) is 3. The Labute approximate surface area is 93.2 Å². The van der Waals surface area contributed by atoms with Crippen molar-refractivity contribution in [2.45, 2.75) is 5.44 Å². The Kier molecular flexibility index (Phi) is 3.24. The number of thiol groups is 1. The van der Waals surface area contributed by atoms with Crippen LogP contribution in [-0.4, -0.2) is 35.1 Å². The number of hydrogen-bond acceptors (Lipinski definition) is 7. The summed E-state index contributed by atoms with van der Waals surface area (Å²) >= 11 is 4.27. The molecule has 1 aromatic rings. The van der Waals surface area contributed by atoms with Crippen molar-refractivity contribution in [2.24, 2.45) is 5.84 Å². The van der Waals surface area contributed by atoms with Crippen molar-refractivity contribution in [3.05, 3.63) is 12.4 Å². The van der Waals surface area contributed by atoms with E-state index in [1.54, 1.807) is 6.07 Å². The molecule has 1 fully saturated rings. The van der Waals surface area contributed by atoms with E-state index >= 15 is 0 Å². The fraction of sp³-hybridized carbons (Fsp3) is 0.500. The van der Waals surface area contributed by atoms with Gasteiger partial charge in [-0.15, -0.1) is 12.6 Å². The topological polar surface area (TPSA) is 76.3 Å². The Bertz CT molecular complexity index is 337. The molecule has 2 heterocycles. The molecule has 0 amide bonds. The van der Waals surface area contributed by atoms with E-state index in [0.717, 1.165) is 12.4 Å². The van der Waals surface area contributed by atoms with Gasteiger partial charge in [-0.2, -0.15) is 0 Å². The summed E-state index contributed by atoms with van der Waals surface area (Å²) in [6.07, 6.45) is 1.48. The van der Waals surface area contributed by atoms with Crippen LogP contribution in [0.5, 0.6) is 0 Å². The zero-order chi connectivity index (χ0) is 10.7. The van der Waals surface area contributed by atoms with Crippen molar-refractivity contribution in [2.75, 3.05) is 30.0 Å². The van der Waals surface area contributed by atoms with Gasteiger partial charge in [0.1, 0.15) is 23.4 Å². The smallest absolute Gasteiger partial charge is 0.145 e. The Morgan fingerprint density at radius 3 is 3.20 bits per heavy atom. The molecule has 1 aliphatic heterocycles. The zero-order valence-electron chi connectivity index (χ0n) is 8.13. The first-order chi connectivity index (χ1) is 7.29. The summed E-state index contributed by atoms with van der Waals surface area (Å²) in [4.78, 5) is 10.2. The van der Waals surface area contributed by atoms with Gasteiger partial charge in [-0.05, 0) is 0 Å². The van der Waals surface area contributed by atoms with E-state index < -0.39 is 0 Å². The minimum Gasteiger partial charge on any atom is -0.364 e. The van der Waals surface area contributed by atoms with Gasteiger partial charge >= 0.3 is 0 Å². The molecule has 1 aliphatic rings. The van der Waals surface area contributed by atoms with Crippen LogP contribution in [0.2, 0.25) is 0 Å². The summed E-state index contributed by atoms with van der Waals surface area (Å²) < 4.78 is 5.32. The molecule has 1 aromatic heterocycles. The normalized spacial score (nSPS) is 21.5. The Hall–Kier alpha value is -1.05. The summed E-state index contributed by atoms with van der Waals surface area (Å²) in [5.74, 6) is 6.71. The number of nitrogens with two attached hydrogens (primary N) is 1. The van der Waals surface area contributed by atoms with Crippen molar-refractivity contribution >= 4 is 24.3 Å². The Morgan fingerprint density at radius 2 is 2.47 bits per heavy atom. The summed E-state index contributed by atoms with van der Waals surface area (Å²) in [7, 11) is 0. The number of nitrogen functional groups attached to an aromatic ring is 1. The van der Waals surface area contributed by atoms with Crippen molar-refractivity contribution in [1.82, 2.24) is 9.97 Å². The molecule has 82 valence electrons. The van der Waals surface area contributed by atoms with Gasteiger partial charge in [0.15, 0.2) is 0 Å². The lowest BCUT2D eigenvalue weighted by molar-refractivity contribution is 0.0993. The number of nitrogens with one attached hydrogen (secondary N) is 1. The second-order valence-corrected chi connectivity index (χ2v) is 3.75. The van der Waals surface area contributed by atoms with Crippen LogP contribution >= 0.6 is 12.6 Å². The van der Waals surface area contributed by atoms with Crippen LogP contribution in [0.4, 0.5) is 11.6 Å². The number of anilines is 2. The maximum Gasteiger partial charge on any atom is 0.145 e. The highest BCUT2D eigenvalue weighted by Gasteiger charge is 2.18. The maximum atomic E-state index is 5.32. The first-order valence-corrected chi connectivity index (χ1v) is 5.14. The SMILES string of the molecule is NNc1cc(N2CCOC(S)C2)ncn1. The van der Waals surface area contributed by atoms with Crippen LogP contribution < -0.4 is 16.2 Å². The largest absolute Gasteiger partial charge is 0.364 e. The van der Waals surface area contributed by atoms with E-state index in [1.165, 1.54) is 6.33 Å². The number of aromatic nitrogens is 2. The number of morpholine rings is 1. The molecule has 0 aromatic carbocycles. The van der Waals surface area contributed by atoms with Crippen LogP contribution in [0.1, 0.15) is 0 Å². The fourth-order valence-corrected chi connectivity index (χ4v) is 1.74. The molecule has 1 unspecified atom stereocenters. The average molecular weight is 227 g/mol. The van der Waals surface area contributed by atoms with Crippen molar-refractivity contribution in [3.8, 4) is 0 Å². The molecular formula is C8H13N5OS. The van der Waals surface area contributed by atoms with Crippen LogP contribution in [0.25, 0.3) is 0 Å². The van der Waals surface area contributed by atoms with Gasteiger partial charge in [0, 0.05) is 12.6 Å². The van der Waals surface area contributed by atoms with E-state index in [4.69, 9.17) is 10.6 Å². The first-order valence-electron chi connectivity index (χ1n) is 4.63. The van der Waals surface area contributed by atoms with Crippen LogP contribution in [0, 0.1) is 0 Å². The second-order valence-electron chi connectivity index (χ2n) is 3.18. The van der Waals surface area contributed by atoms with Crippen LogP contribution in [0.15, 0.2) is 12.4 Å². The van der Waals surface area contributed by atoms with Crippen LogP contribution in [0.3, 0.4) is 0 Å². The van der Waals surface area contributed by atoms with Gasteiger partial charge in [-0.1, -0.05) is 0 Å². The molecule has 6 nitrogen and oxygen atoms in total. The highest BCUT2D eigenvalue weighted by atomic mass is 32.1. The summed E-state index contributed by atoms with van der Waals surface area (Å²) in [6.45, 7) is 2.17. The average Bonchev–Trinajstić information content (AvgIpc) is 2.29. The molecule has 0 saturated carbocycles. The summed E-state index contributed by atoms with van der Waals surface area (Å²) in [6, 6.07) is 1.80. The molecule has 0 radical (unpaired) electrons. The third-order valence-corrected chi connectivity index (χ3v) is 2.48. The van der Waals surface area contributed by atoms with Gasteiger partial charge < -0.3 is 15.1 Å². The second kappa shape index (κ2) is 4.65. The molecular weight excluding hydrogens is 214 g/mol. The molecule has 3 N–H and O–H groups in total. The van der Waals surface area contributed by atoms with E-state index in [0.29, 0.717) is 19.0 Å². The zero-order valence-corrected chi connectivity index (χ0v) is 9.02. The predicted octanol–water partition coefficient (Wildman–Crippen LogP) is -0.145. The quantitative estimate of drug-likeness (QED) is 0.371. The predicted molar refractivity (Wildman–Crippen MR) is 60.8 cm³/mol. The van der Waals surface area contributed by atoms with Gasteiger partial charge in [0.25, 0.3) is 0 Å². The van der Waals surface area contributed by atoms with E-state index in [2.05, 4.69) is 32.9 Å². The van der Waals surface area contributed by atoms with E-state index in [9.17, 15) is 0 Å². The molecule has 7 heteroatoms. The van der Waals surface area contributed by atoms with Gasteiger partial charge in [-0.3, -0.25) is 0 Å². The highest BCUT2D eigenvalue weighted by Crippen LogP contribution is 2.17. The standard InChI is InChI=1S/C8H13N5OS/c9-12-6-3-7(11-5-10-6)13-1-2-14-8(15)4-13/h3,5,8,15H,1-2,4,9H2,(H,10,11,12). The minimum atomic E-state index is -0.0667. The molecule has 0 bridgehead atoms.